The molecule has 0 spiro atoms. The second-order valence-corrected chi connectivity index (χ2v) is 7.47. The molecule has 5 nitrogen and oxygen atoms in total. The quantitative estimate of drug-likeness (QED) is 0.711. The Morgan fingerprint density at radius 3 is 2.68 bits per heavy atom. The van der Waals surface area contributed by atoms with Gasteiger partial charge in [-0.25, -0.2) is 4.98 Å². The van der Waals surface area contributed by atoms with E-state index in [4.69, 9.17) is 4.98 Å². The van der Waals surface area contributed by atoms with Crippen LogP contribution >= 0.6 is 11.8 Å². The first-order valence-corrected chi connectivity index (χ1v) is 9.56. The van der Waals surface area contributed by atoms with Gasteiger partial charge in [0, 0.05) is 48.3 Å². The monoisotopic (exact) mass is 352 g/mol. The van der Waals surface area contributed by atoms with Gasteiger partial charge < -0.3 is 4.90 Å². The summed E-state index contributed by atoms with van der Waals surface area (Å²) in [6.45, 7) is 3.63. The molecular formula is C19H20N4OS. The van der Waals surface area contributed by atoms with Crippen LogP contribution in [0.4, 0.5) is 0 Å². The molecule has 0 atom stereocenters. The lowest BCUT2D eigenvalue weighted by Gasteiger charge is -2.27. The maximum atomic E-state index is 13.2. The minimum Gasteiger partial charge on any atom is -0.337 e. The van der Waals surface area contributed by atoms with Crippen LogP contribution in [0.5, 0.6) is 0 Å². The topological polar surface area (TPSA) is 51.0 Å². The SMILES string of the molecule is Cc1c(-c2cc(C(=O)N3CCSCC3)c3ccccc3n2)cnn1C. The van der Waals surface area contributed by atoms with Gasteiger partial charge >= 0.3 is 0 Å². The lowest BCUT2D eigenvalue weighted by molar-refractivity contribution is 0.0774. The second-order valence-electron chi connectivity index (χ2n) is 6.24. The first kappa shape index (κ1) is 16.1. The highest BCUT2D eigenvalue weighted by atomic mass is 32.2. The Hall–Kier alpha value is -2.34. The molecule has 6 heteroatoms. The third kappa shape index (κ3) is 2.91. The average Bonchev–Trinajstić information content (AvgIpc) is 3.00. The predicted molar refractivity (Wildman–Crippen MR) is 102 cm³/mol. The smallest absolute Gasteiger partial charge is 0.254 e. The van der Waals surface area contributed by atoms with Crippen molar-refractivity contribution in [3.63, 3.8) is 0 Å². The molecular weight excluding hydrogens is 332 g/mol. The summed E-state index contributed by atoms with van der Waals surface area (Å²) >= 11 is 1.90. The number of carbonyl (C=O) groups excluding carboxylic acids is 1. The molecule has 0 saturated carbocycles. The number of hydrogen-bond donors (Lipinski definition) is 0. The lowest BCUT2D eigenvalue weighted by atomic mass is 10.0. The average molecular weight is 352 g/mol. The minimum absolute atomic E-state index is 0.0988. The van der Waals surface area contributed by atoms with Crippen molar-refractivity contribution in [1.29, 1.82) is 0 Å². The van der Waals surface area contributed by atoms with Gasteiger partial charge in [0.25, 0.3) is 5.91 Å². The molecule has 0 N–H and O–H groups in total. The van der Waals surface area contributed by atoms with Crippen LogP contribution in [0.3, 0.4) is 0 Å². The second kappa shape index (κ2) is 6.52. The first-order valence-electron chi connectivity index (χ1n) is 8.41. The third-order valence-corrected chi connectivity index (χ3v) is 5.70. The number of benzene rings is 1. The highest BCUT2D eigenvalue weighted by molar-refractivity contribution is 7.99. The van der Waals surface area contributed by atoms with Gasteiger partial charge in [0.1, 0.15) is 0 Å². The van der Waals surface area contributed by atoms with Gasteiger partial charge in [-0.3, -0.25) is 9.48 Å². The van der Waals surface area contributed by atoms with Crippen molar-refractivity contribution in [2.75, 3.05) is 24.6 Å². The number of thioether (sulfide) groups is 1. The zero-order valence-corrected chi connectivity index (χ0v) is 15.2. The standard InChI is InChI=1S/C19H20N4OS/c1-13-16(12-20-22(13)2)18-11-15(14-5-3-4-6-17(14)21-18)19(24)23-7-9-25-10-8-23/h3-6,11-12H,7-10H2,1-2H3. The molecule has 1 aliphatic rings. The number of amides is 1. The van der Waals surface area contributed by atoms with Crippen molar-refractivity contribution in [1.82, 2.24) is 19.7 Å². The third-order valence-electron chi connectivity index (χ3n) is 4.76. The zero-order chi connectivity index (χ0) is 17.4. The van der Waals surface area contributed by atoms with Crippen molar-refractivity contribution in [2.45, 2.75) is 6.92 Å². The van der Waals surface area contributed by atoms with Crippen molar-refractivity contribution in [2.24, 2.45) is 7.05 Å². The molecule has 0 bridgehead atoms. The predicted octanol–water partition coefficient (Wildman–Crippen LogP) is 3.13. The number of para-hydroxylation sites is 1. The molecule has 25 heavy (non-hydrogen) atoms. The highest BCUT2D eigenvalue weighted by Crippen LogP contribution is 2.28. The van der Waals surface area contributed by atoms with Crippen molar-refractivity contribution < 1.29 is 4.79 Å². The van der Waals surface area contributed by atoms with Crippen LogP contribution in [0.15, 0.2) is 36.5 Å². The van der Waals surface area contributed by atoms with E-state index in [1.807, 2.05) is 71.8 Å². The fourth-order valence-electron chi connectivity index (χ4n) is 3.18. The van der Waals surface area contributed by atoms with Crippen LogP contribution in [-0.2, 0) is 7.05 Å². The number of carbonyl (C=O) groups is 1. The van der Waals surface area contributed by atoms with Crippen LogP contribution in [0.2, 0.25) is 0 Å². The van der Waals surface area contributed by atoms with Gasteiger partial charge in [-0.05, 0) is 19.1 Å². The Morgan fingerprint density at radius 1 is 1.20 bits per heavy atom. The summed E-state index contributed by atoms with van der Waals surface area (Å²) in [5, 5.41) is 5.23. The molecule has 1 amide bonds. The molecule has 1 aromatic carbocycles. The Labute approximate surface area is 151 Å². The Kier molecular flexibility index (Phi) is 4.21. The maximum Gasteiger partial charge on any atom is 0.254 e. The summed E-state index contributed by atoms with van der Waals surface area (Å²) in [4.78, 5) is 19.9. The van der Waals surface area contributed by atoms with Gasteiger partial charge in [-0.15, -0.1) is 0 Å². The Balaban J connectivity index is 1.87. The van der Waals surface area contributed by atoms with Crippen molar-refractivity contribution in [3.05, 3.63) is 47.8 Å². The molecule has 4 rings (SSSR count). The molecule has 0 unspecified atom stereocenters. The van der Waals surface area contributed by atoms with Crippen LogP contribution in [0, 0.1) is 6.92 Å². The van der Waals surface area contributed by atoms with E-state index in [2.05, 4.69) is 5.10 Å². The van der Waals surface area contributed by atoms with E-state index in [0.29, 0.717) is 0 Å². The van der Waals surface area contributed by atoms with Crippen molar-refractivity contribution >= 4 is 28.6 Å². The number of hydrogen-bond acceptors (Lipinski definition) is 4. The fourth-order valence-corrected chi connectivity index (χ4v) is 4.08. The Morgan fingerprint density at radius 2 is 1.96 bits per heavy atom. The van der Waals surface area contributed by atoms with E-state index in [1.54, 1.807) is 0 Å². The number of pyridine rings is 1. The lowest BCUT2D eigenvalue weighted by Crippen LogP contribution is -2.38. The van der Waals surface area contributed by atoms with Gasteiger partial charge in [-0.2, -0.15) is 16.9 Å². The van der Waals surface area contributed by atoms with E-state index >= 15 is 0 Å². The minimum atomic E-state index is 0.0988. The van der Waals surface area contributed by atoms with E-state index in [9.17, 15) is 4.79 Å². The molecule has 3 heterocycles. The Bertz CT molecular complexity index is 944. The molecule has 0 radical (unpaired) electrons. The van der Waals surface area contributed by atoms with E-state index < -0.39 is 0 Å². The van der Waals surface area contributed by atoms with Gasteiger partial charge in [0.15, 0.2) is 0 Å². The summed E-state index contributed by atoms with van der Waals surface area (Å²) < 4.78 is 1.83. The molecule has 2 aromatic heterocycles. The summed E-state index contributed by atoms with van der Waals surface area (Å²) in [6.07, 6.45) is 1.82. The molecule has 0 aliphatic carbocycles. The molecule has 1 saturated heterocycles. The number of nitrogens with zero attached hydrogens (tertiary/aromatic N) is 4. The summed E-state index contributed by atoms with van der Waals surface area (Å²) in [5.74, 6) is 2.11. The van der Waals surface area contributed by atoms with Gasteiger partial charge in [0.2, 0.25) is 0 Å². The first-order chi connectivity index (χ1) is 12.1. The maximum absolute atomic E-state index is 13.2. The zero-order valence-electron chi connectivity index (χ0n) is 14.4. The molecule has 1 aliphatic heterocycles. The molecule has 3 aromatic rings. The highest BCUT2D eigenvalue weighted by Gasteiger charge is 2.22. The molecule has 128 valence electrons. The number of fused-ring (bicyclic) bond motifs is 1. The number of rotatable bonds is 2. The summed E-state index contributed by atoms with van der Waals surface area (Å²) in [6, 6.07) is 9.79. The summed E-state index contributed by atoms with van der Waals surface area (Å²) in [7, 11) is 1.91. The van der Waals surface area contributed by atoms with Crippen LogP contribution in [0.25, 0.3) is 22.2 Å². The number of aromatic nitrogens is 3. The van der Waals surface area contributed by atoms with Crippen LogP contribution in [-0.4, -0.2) is 50.2 Å². The largest absolute Gasteiger partial charge is 0.337 e. The normalized spacial score (nSPS) is 14.9. The van der Waals surface area contributed by atoms with E-state index in [1.165, 1.54) is 0 Å². The van der Waals surface area contributed by atoms with Crippen LogP contribution < -0.4 is 0 Å². The summed E-state index contributed by atoms with van der Waals surface area (Å²) in [5.41, 5.74) is 4.39. The van der Waals surface area contributed by atoms with Crippen molar-refractivity contribution in [3.8, 4) is 11.3 Å². The molecule has 1 fully saturated rings. The van der Waals surface area contributed by atoms with Gasteiger partial charge in [-0.1, -0.05) is 18.2 Å². The van der Waals surface area contributed by atoms with Crippen LogP contribution in [0.1, 0.15) is 16.1 Å². The van der Waals surface area contributed by atoms with Gasteiger partial charge in [0.05, 0.1) is 23.0 Å². The van der Waals surface area contributed by atoms with E-state index in [0.717, 1.165) is 58.0 Å². The fraction of sp³-hybridized carbons (Fsp3) is 0.316. The number of aryl methyl sites for hydroxylation is 1. The van der Waals surface area contributed by atoms with E-state index in [-0.39, 0.29) is 5.91 Å².